The van der Waals surface area contributed by atoms with Crippen molar-refractivity contribution in [2.75, 3.05) is 0 Å². The van der Waals surface area contributed by atoms with Gasteiger partial charge in [0.25, 0.3) is 10.9 Å². The molecule has 4 nitrogen and oxygen atoms in total. The Balaban J connectivity index is 3.17. The first-order chi connectivity index (χ1) is 5.52. The third-order valence-electron chi connectivity index (χ3n) is 1.06. The van der Waals surface area contributed by atoms with Crippen LogP contribution in [0.3, 0.4) is 0 Å². The maximum absolute atomic E-state index is 10.5. The van der Waals surface area contributed by atoms with E-state index >= 15 is 0 Å². The molecule has 12 heavy (non-hydrogen) atoms. The molecule has 1 aromatic rings. The molecule has 0 aliphatic heterocycles. The number of carbonyl (C=O) groups is 1. The summed E-state index contributed by atoms with van der Waals surface area (Å²) in [5.74, 6) is 0. The van der Waals surface area contributed by atoms with Crippen LogP contribution in [0.15, 0.2) is 6.07 Å². The van der Waals surface area contributed by atoms with E-state index in [9.17, 15) is 14.9 Å². The second kappa shape index (κ2) is 3.38. The number of nitrogens with zero attached hydrogens (tertiary/aromatic N) is 1. The minimum absolute atomic E-state index is 0.0380. The smallest absolute Gasteiger partial charge is 0.275 e. The summed E-state index contributed by atoms with van der Waals surface area (Å²) < 4.78 is -0.0380. The number of carbonyl (C=O) groups excluding carboxylic acids is 1. The lowest BCUT2D eigenvalue weighted by atomic mass is 10.4. The van der Waals surface area contributed by atoms with E-state index in [1.807, 2.05) is 0 Å². The highest BCUT2D eigenvalue weighted by Gasteiger charge is 2.19. The largest absolute Gasteiger partial charge is 0.299 e. The van der Waals surface area contributed by atoms with E-state index in [0.717, 1.165) is 17.4 Å². The van der Waals surface area contributed by atoms with Gasteiger partial charge < -0.3 is 0 Å². The lowest BCUT2D eigenvalue weighted by Crippen LogP contribution is -1.85. The van der Waals surface area contributed by atoms with Crippen molar-refractivity contribution in [1.82, 2.24) is 0 Å². The van der Waals surface area contributed by atoms with Crippen LogP contribution in [0.4, 0.5) is 5.69 Å². The fourth-order valence-corrected chi connectivity index (χ4v) is 1.81. The highest BCUT2D eigenvalue weighted by atomic mass is 35.5. The molecule has 0 N–H and O–H groups in total. The van der Waals surface area contributed by atoms with Gasteiger partial charge in [-0.15, -0.1) is 11.3 Å². The average molecular weight is 226 g/mol. The molecule has 0 amide bonds. The molecule has 0 saturated carbocycles. The summed E-state index contributed by atoms with van der Waals surface area (Å²) in [7, 11) is 0. The molecule has 64 valence electrons. The predicted octanol–water partition coefficient (Wildman–Crippen LogP) is 2.69. The average Bonchev–Trinajstić information content (AvgIpc) is 2.30. The lowest BCUT2D eigenvalue weighted by Gasteiger charge is -1.81. The standard InChI is InChI=1S/C5HCl2NO3S/c6-4(9)3-1-2(8(10)11)5(7)12-3/h1H. The summed E-state index contributed by atoms with van der Waals surface area (Å²) in [6.07, 6.45) is 0. The topological polar surface area (TPSA) is 60.2 Å². The van der Waals surface area contributed by atoms with Gasteiger partial charge in [0.2, 0.25) is 0 Å². The second-order valence-electron chi connectivity index (χ2n) is 1.80. The fourth-order valence-electron chi connectivity index (χ4n) is 0.581. The quantitative estimate of drug-likeness (QED) is 0.442. The molecule has 0 aliphatic rings. The van der Waals surface area contributed by atoms with Crippen LogP contribution < -0.4 is 0 Å². The predicted molar refractivity (Wildman–Crippen MR) is 46.2 cm³/mol. The van der Waals surface area contributed by atoms with Crippen LogP contribution in [0.2, 0.25) is 4.34 Å². The van der Waals surface area contributed by atoms with E-state index in [1.165, 1.54) is 0 Å². The summed E-state index contributed by atoms with van der Waals surface area (Å²) in [6, 6.07) is 1.06. The number of halogens is 2. The van der Waals surface area contributed by atoms with Crippen LogP contribution in [0.5, 0.6) is 0 Å². The molecular weight excluding hydrogens is 225 g/mol. The Bertz CT molecular complexity index is 348. The first-order valence-electron chi connectivity index (χ1n) is 2.66. The minimum Gasteiger partial charge on any atom is -0.275 e. The maximum Gasteiger partial charge on any atom is 0.299 e. The Morgan fingerprint density at radius 1 is 1.67 bits per heavy atom. The van der Waals surface area contributed by atoms with Crippen molar-refractivity contribution in [3.05, 3.63) is 25.4 Å². The zero-order valence-electron chi connectivity index (χ0n) is 5.41. The summed E-state index contributed by atoms with van der Waals surface area (Å²) in [5.41, 5.74) is -0.286. The van der Waals surface area contributed by atoms with Crippen LogP contribution >= 0.6 is 34.5 Å². The molecular formula is C5HCl2NO3S. The van der Waals surface area contributed by atoms with Gasteiger partial charge in [0.05, 0.1) is 9.80 Å². The summed E-state index contributed by atoms with van der Waals surface area (Å²) in [6.45, 7) is 0. The van der Waals surface area contributed by atoms with Crippen LogP contribution in [-0.2, 0) is 0 Å². The van der Waals surface area contributed by atoms with Crippen molar-refractivity contribution in [1.29, 1.82) is 0 Å². The van der Waals surface area contributed by atoms with E-state index in [0.29, 0.717) is 0 Å². The van der Waals surface area contributed by atoms with Gasteiger partial charge in [0.15, 0.2) is 4.34 Å². The SMILES string of the molecule is O=C(Cl)c1cc([N+](=O)[O-])c(Cl)s1. The van der Waals surface area contributed by atoms with Crippen molar-refractivity contribution in [3.8, 4) is 0 Å². The third-order valence-corrected chi connectivity index (χ3v) is 2.71. The molecule has 0 fully saturated rings. The number of thiophene rings is 1. The highest BCUT2D eigenvalue weighted by Crippen LogP contribution is 2.34. The number of nitro groups is 1. The molecule has 0 atom stereocenters. The van der Waals surface area contributed by atoms with E-state index in [1.54, 1.807) is 0 Å². The summed E-state index contributed by atoms with van der Waals surface area (Å²) in [5, 5.41) is 9.49. The van der Waals surface area contributed by atoms with Crippen molar-refractivity contribution >= 4 is 45.5 Å². The van der Waals surface area contributed by atoms with E-state index < -0.39 is 10.2 Å². The number of rotatable bonds is 2. The van der Waals surface area contributed by atoms with Crippen molar-refractivity contribution < 1.29 is 9.72 Å². The van der Waals surface area contributed by atoms with Gasteiger partial charge in [-0.05, 0) is 11.6 Å². The first-order valence-corrected chi connectivity index (χ1v) is 4.23. The first kappa shape index (κ1) is 9.44. The fraction of sp³-hybridized carbons (Fsp3) is 0. The molecule has 0 aliphatic carbocycles. The van der Waals surface area contributed by atoms with Crippen LogP contribution in [0.25, 0.3) is 0 Å². The van der Waals surface area contributed by atoms with Gasteiger partial charge in [0.1, 0.15) is 0 Å². The van der Waals surface area contributed by atoms with Gasteiger partial charge in [-0.3, -0.25) is 14.9 Å². The molecule has 7 heteroatoms. The van der Waals surface area contributed by atoms with Crippen LogP contribution in [-0.4, -0.2) is 10.2 Å². The van der Waals surface area contributed by atoms with E-state index in [4.69, 9.17) is 23.2 Å². The molecule has 1 aromatic heterocycles. The lowest BCUT2D eigenvalue weighted by molar-refractivity contribution is -0.384. The minimum atomic E-state index is -0.741. The monoisotopic (exact) mass is 225 g/mol. The Labute approximate surface area is 80.9 Å². The summed E-state index contributed by atoms with van der Waals surface area (Å²) >= 11 is 11.3. The molecule has 0 spiro atoms. The van der Waals surface area contributed by atoms with Crippen LogP contribution in [0.1, 0.15) is 9.67 Å². The van der Waals surface area contributed by atoms with Gasteiger partial charge in [0, 0.05) is 6.07 Å². The Morgan fingerprint density at radius 3 is 2.50 bits per heavy atom. The molecule has 0 radical (unpaired) electrons. The maximum atomic E-state index is 10.5. The van der Waals surface area contributed by atoms with Crippen molar-refractivity contribution in [3.63, 3.8) is 0 Å². The van der Waals surface area contributed by atoms with Gasteiger partial charge in [-0.25, -0.2) is 0 Å². The molecule has 1 heterocycles. The third kappa shape index (κ3) is 1.74. The number of hydrogen-bond donors (Lipinski definition) is 0. The van der Waals surface area contributed by atoms with Crippen molar-refractivity contribution in [2.45, 2.75) is 0 Å². The highest BCUT2D eigenvalue weighted by molar-refractivity contribution is 7.20. The van der Waals surface area contributed by atoms with Gasteiger partial charge in [-0.1, -0.05) is 11.6 Å². The molecule has 0 bridgehead atoms. The zero-order valence-corrected chi connectivity index (χ0v) is 7.74. The Morgan fingerprint density at radius 2 is 2.25 bits per heavy atom. The second-order valence-corrected chi connectivity index (χ2v) is 3.80. The van der Waals surface area contributed by atoms with Gasteiger partial charge >= 0.3 is 0 Å². The number of hydrogen-bond acceptors (Lipinski definition) is 4. The molecule has 1 rings (SSSR count). The van der Waals surface area contributed by atoms with E-state index in [-0.39, 0.29) is 14.9 Å². The van der Waals surface area contributed by atoms with E-state index in [2.05, 4.69) is 0 Å². The van der Waals surface area contributed by atoms with Crippen LogP contribution in [0, 0.1) is 10.1 Å². The van der Waals surface area contributed by atoms with Crippen molar-refractivity contribution in [2.24, 2.45) is 0 Å². The summed E-state index contributed by atoms with van der Waals surface area (Å²) in [4.78, 5) is 20.2. The normalized spacial score (nSPS) is 9.83. The Kier molecular flexibility index (Phi) is 2.66. The molecule has 0 saturated heterocycles. The zero-order chi connectivity index (χ0) is 9.30. The molecule has 0 aromatic carbocycles. The Hall–Kier alpha value is -0.650. The van der Waals surface area contributed by atoms with Gasteiger partial charge in [-0.2, -0.15) is 0 Å². The molecule has 0 unspecified atom stereocenters.